The molecular formula is C31H35N5O3. The van der Waals surface area contributed by atoms with E-state index in [0.717, 1.165) is 105 Å². The molecule has 3 fully saturated rings. The number of ether oxygens (including phenoxy) is 3. The van der Waals surface area contributed by atoms with Gasteiger partial charge in [-0.3, -0.25) is 4.90 Å². The summed E-state index contributed by atoms with van der Waals surface area (Å²) in [6.07, 6.45) is 3.79. The number of H-pyrrole nitrogens is 1. The maximum atomic E-state index is 6.43. The Bertz CT molecular complexity index is 1430. The fourth-order valence-corrected chi connectivity index (χ4v) is 5.86. The number of aromatic amines is 1. The predicted octanol–water partition coefficient (Wildman–Crippen LogP) is 4.56. The summed E-state index contributed by atoms with van der Waals surface area (Å²) in [5.74, 6) is 0.740. The first-order chi connectivity index (χ1) is 19.2. The number of anilines is 2. The molecule has 4 aromatic rings. The topological polar surface area (TPSA) is 88.9 Å². The van der Waals surface area contributed by atoms with Crippen molar-refractivity contribution in [1.29, 1.82) is 0 Å². The van der Waals surface area contributed by atoms with Gasteiger partial charge in [-0.2, -0.15) is 0 Å². The SMILES string of the molecule is Nc1cc(-c2ccnc3[nH]c(-c4ccc(N5CCN(C6COC6)CC5)cc4)cc23)ccc1OC1CCOCC1. The second kappa shape index (κ2) is 10.5. The van der Waals surface area contributed by atoms with Crippen molar-refractivity contribution in [2.24, 2.45) is 0 Å². The van der Waals surface area contributed by atoms with Crippen molar-refractivity contribution in [3.05, 3.63) is 60.8 Å². The van der Waals surface area contributed by atoms with E-state index < -0.39 is 0 Å². The fourth-order valence-electron chi connectivity index (χ4n) is 5.86. The summed E-state index contributed by atoms with van der Waals surface area (Å²) in [5, 5.41) is 1.07. The zero-order valence-corrected chi connectivity index (χ0v) is 22.1. The minimum Gasteiger partial charge on any atom is -0.488 e. The van der Waals surface area contributed by atoms with Crippen LogP contribution < -0.4 is 15.4 Å². The number of hydrogen-bond donors (Lipinski definition) is 2. The Morgan fingerprint density at radius 3 is 2.36 bits per heavy atom. The standard InChI is InChI=1S/C31H35N5O3/c32-28-17-22(3-6-30(28)39-25-8-15-37-16-9-25)26-7-10-33-31-27(26)18-29(34-31)21-1-4-23(5-2-21)35-11-13-36(14-12-35)24-19-38-20-24/h1-7,10,17-18,24-25H,8-9,11-16,19-20,32H2,(H,33,34). The summed E-state index contributed by atoms with van der Waals surface area (Å²) in [4.78, 5) is 13.2. The molecule has 0 atom stereocenters. The van der Waals surface area contributed by atoms with E-state index in [-0.39, 0.29) is 6.10 Å². The van der Waals surface area contributed by atoms with Gasteiger partial charge in [0.05, 0.1) is 38.2 Å². The molecule has 0 bridgehead atoms. The number of nitrogens with one attached hydrogen (secondary N) is 1. The number of hydrogen-bond acceptors (Lipinski definition) is 7. The highest BCUT2D eigenvalue weighted by Gasteiger charge is 2.29. The number of piperazine rings is 1. The largest absolute Gasteiger partial charge is 0.488 e. The molecule has 5 heterocycles. The van der Waals surface area contributed by atoms with Crippen LogP contribution >= 0.6 is 0 Å². The average Bonchev–Trinajstić information content (AvgIpc) is 3.39. The molecule has 0 saturated carbocycles. The Labute approximate surface area is 228 Å². The molecule has 3 aliphatic heterocycles. The van der Waals surface area contributed by atoms with Gasteiger partial charge in [-0.05, 0) is 53.1 Å². The first-order valence-electron chi connectivity index (χ1n) is 14.0. The highest BCUT2D eigenvalue weighted by molar-refractivity contribution is 5.96. The summed E-state index contributed by atoms with van der Waals surface area (Å²) in [6, 6.07) is 19.8. The second-order valence-corrected chi connectivity index (χ2v) is 10.7. The Morgan fingerprint density at radius 2 is 1.64 bits per heavy atom. The second-order valence-electron chi connectivity index (χ2n) is 10.7. The maximum absolute atomic E-state index is 6.43. The molecule has 2 aromatic heterocycles. The lowest BCUT2D eigenvalue weighted by Gasteiger charge is -2.43. The smallest absolute Gasteiger partial charge is 0.142 e. The molecule has 3 N–H and O–H groups in total. The summed E-state index contributed by atoms with van der Waals surface area (Å²) < 4.78 is 17.0. The highest BCUT2D eigenvalue weighted by Crippen LogP contribution is 2.35. The number of fused-ring (bicyclic) bond motifs is 1. The van der Waals surface area contributed by atoms with E-state index in [1.165, 1.54) is 5.69 Å². The minimum atomic E-state index is 0.158. The number of pyridine rings is 1. The molecule has 0 radical (unpaired) electrons. The molecule has 0 aliphatic carbocycles. The van der Waals surface area contributed by atoms with E-state index in [9.17, 15) is 0 Å². The van der Waals surface area contributed by atoms with Gasteiger partial charge >= 0.3 is 0 Å². The molecule has 0 spiro atoms. The molecule has 0 amide bonds. The average molecular weight is 526 g/mol. The van der Waals surface area contributed by atoms with Gasteiger partial charge in [-0.15, -0.1) is 0 Å². The first kappa shape index (κ1) is 24.5. The number of aromatic nitrogens is 2. The molecule has 3 aliphatic rings. The Hall–Kier alpha value is -3.59. The van der Waals surface area contributed by atoms with Crippen LogP contribution in [0.2, 0.25) is 0 Å². The molecule has 39 heavy (non-hydrogen) atoms. The molecular weight excluding hydrogens is 490 g/mol. The zero-order valence-electron chi connectivity index (χ0n) is 22.1. The molecule has 8 nitrogen and oxygen atoms in total. The monoisotopic (exact) mass is 525 g/mol. The molecule has 3 saturated heterocycles. The van der Waals surface area contributed by atoms with E-state index in [0.29, 0.717) is 11.7 Å². The van der Waals surface area contributed by atoms with Gasteiger partial charge in [0.1, 0.15) is 17.5 Å². The van der Waals surface area contributed by atoms with Crippen LogP contribution in [0.1, 0.15) is 12.8 Å². The molecule has 2 aromatic carbocycles. The zero-order chi connectivity index (χ0) is 26.2. The lowest BCUT2D eigenvalue weighted by atomic mass is 10.0. The van der Waals surface area contributed by atoms with Crippen molar-refractivity contribution in [3.63, 3.8) is 0 Å². The molecule has 8 heteroatoms. The molecule has 0 unspecified atom stereocenters. The highest BCUT2D eigenvalue weighted by atomic mass is 16.5. The minimum absolute atomic E-state index is 0.158. The van der Waals surface area contributed by atoms with Crippen LogP contribution in [0.3, 0.4) is 0 Å². The third kappa shape index (κ3) is 4.95. The molecule has 202 valence electrons. The summed E-state index contributed by atoms with van der Waals surface area (Å²) >= 11 is 0. The lowest BCUT2D eigenvalue weighted by Crippen LogP contribution is -2.56. The number of nitrogens with zero attached hydrogens (tertiary/aromatic N) is 3. The van der Waals surface area contributed by atoms with Crippen molar-refractivity contribution in [2.45, 2.75) is 25.0 Å². The van der Waals surface area contributed by atoms with Crippen LogP contribution in [-0.2, 0) is 9.47 Å². The van der Waals surface area contributed by atoms with Gasteiger partial charge in [0.15, 0.2) is 0 Å². The van der Waals surface area contributed by atoms with Crippen molar-refractivity contribution >= 4 is 22.4 Å². The van der Waals surface area contributed by atoms with Crippen LogP contribution in [-0.4, -0.2) is 79.6 Å². The third-order valence-electron chi connectivity index (χ3n) is 8.31. The van der Waals surface area contributed by atoms with Gasteiger partial charge in [-0.25, -0.2) is 4.98 Å². The fraction of sp³-hybridized carbons (Fsp3) is 0.387. The van der Waals surface area contributed by atoms with E-state index in [2.05, 4.69) is 56.2 Å². The Morgan fingerprint density at radius 1 is 0.872 bits per heavy atom. The molecule has 7 rings (SSSR count). The predicted molar refractivity (Wildman–Crippen MR) is 154 cm³/mol. The van der Waals surface area contributed by atoms with Gasteiger partial charge in [-0.1, -0.05) is 18.2 Å². The van der Waals surface area contributed by atoms with Crippen LogP contribution in [0, 0.1) is 0 Å². The maximum Gasteiger partial charge on any atom is 0.142 e. The van der Waals surface area contributed by atoms with Gasteiger partial charge < -0.3 is 29.8 Å². The van der Waals surface area contributed by atoms with Crippen molar-refractivity contribution in [1.82, 2.24) is 14.9 Å². The van der Waals surface area contributed by atoms with E-state index in [1.54, 1.807) is 0 Å². The summed E-state index contributed by atoms with van der Waals surface area (Å²) in [7, 11) is 0. The van der Waals surface area contributed by atoms with Crippen molar-refractivity contribution in [2.75, 3.05) is 63.2 Å². The normalized spacial score (nSPS) is 19.3. The quantitative estimate of drug-likeness (QED) is 0.357. The van der Waals surface area contributed by atoms with Gasteiger partial charge in [0.25, 0.3) is 0 Å². The summed E-state index contributed by atoms with van der Waals surface area (Å²) in [6.45, 7) is 7.56. The van der Waals surface area contributed by atoms with Crippen LogP contribution in [0.5, 0.6) is 5.75 Å². The van der Waals surface area contributed by atoms with E-state index in [1.807, 2.05) is 24.4 Å². The van der Waals surface area contributed by atoms with E-state index >= 15 is 0 Å². The van der Waals surface area contributed by atoms with Crippen molar-refractivity contribution < 1.29 is 14.2 Å². The third-order valence-corrected chi connectivity index (χ3v) is 8.31. The van der Waals surface area contributed by atoms with Gasteiger partial charge in [0, 0.05) is 62.0 Å². The Balaban J connectivity index is 1.08. The van der Waals surface area contributed by atoms with E-state index in [4.69, 9.17) is 19.9 Å². The van der Waals surface area contributed by atoms with Crippen LogP contribution in [0.4, 0.5) is 11.4 Å². The number of rotatable bonds is 6. The van der Waals surface area contributed by atoms with Crippen LogP contribution in [0.25, 0.3) is 33.4 Å². The number of benzene rings is 2. The lowest BCUT2D eigenvalue weighted by molar-refractivity contribution is -0.0660. The summed E-state index contributed by atoms with van der Waals surface area (Å²) in [5.41, 5.74) is 13.6. The number of nitrogens with two attached hydrogens (primary N) is 1. The van der Waals surface area contributed by atoms with Crippen LogP contribution in [0.15, 0.2) is 60.8 Å². The van der Waals surface area contributed by atoms with Crippen molar-refractivity contribution in [3.8, 4) is 28.1 Å². The van der Waals surface area contributed by atoms with Gasteiger partial charge in [0.2, 0.25) is 0 Å². The first-order valence-corrected chi connectivity index (χ1v) is 14.0. The Kier molecular flexibility index (Phi) is 6.60. The number of nitrogen functional groups attached to an aromatic ring is 1.